The number of rotatable bonds is 6. The summed E-state index contributed by atoms with van der Waals surface area (Å²) >= 11 is 0. The molecular formula is C66H102O21. The standard InChI is InChI=1S/3C22H34O7/c3*1-8-19(5)11-14(25)22(27)20(6)13(24)9-10-18(3,4)16(20)15(26)17(28-12(2)23)21(22,7)29-19/h3*8,13,15-17,24,26-27H,1,9-11H2,2-7H3/t3*13-,15-,16-,17-,19-,20-,21+,22-/m000/s1. The minimum Gasteiger partial charge on any atom is -0.457 e. The summed E-state index contributed by atoms with van der Waals surface area (Å²) in [6.07, 6.45) is -3.88. The molecule has 0 amide bonds. The average Bonchev–Trinajstić information content (AvgIpc) is 0.685. The Hall–Kier alpha value is -3.84. The van der Waals surface area contributed by atoms with Crippen LogP contribution in [-0.2, 0) is 57.2 Å². The second-order valence-electron chi connectivity index (χ2n) is 31.1. The van der Waals surface area contributed by atoms with Crippen LogP contribution in [0, 0.1) is 50.2 Å². The predicted octanol–water partition coefficient (Wildman–Crippen LogP) is 4.56. The Kier molecular flexibility index (Phi) is 17.6. The topological polar surface area (TPSA) is 340 Å². The van der Waals surface area contributed by atoms with Crippen LogP contribution in [0.15, 0.2) is 38.0 Å². The Bertz CT molecular complexity index is 2540. The third kappa shape index (κ3) is 9.47. The fraction of sp³-hybridized carbons (Fsp3) is 0.818. The normalized spacial score (nSPS) is 51.6. The maximum Gasteiger partial charge on any atom is 0.303 e. The van der Waals surface area contributed by atoms with E-state index in [0.29, 0.717) is 38.5 Å². The van der Waals surface area contributed by atoms with E-state index in [1.54, 1.807) is 41.5 Å². The number of fused-ring (bicyclic) bond motifs is 9. The van der Waals surface area contributed by atoms with E-state index < -0.39 is 191 Å². The molecule has 9 aliphatic rings. The second kappa shape index (κ2) is 21.6. The van der Waals surface area contributed by atoms with Gasteiger partial charge in [-0.2, -0.15) is 0 Å². The van der Waals surface area contributed by atoms with Gasteiger partial charge < -0.3 is 74.4 Å². The smallest absolute Gasteiger partial charge is 0.303 e. The number of carbonyl (C=O) groups is 6. The Morgan fingerprint density at radius 1 is 0.414 bits per heavy atom. The van der Waals surface area contributed by atoms with Gasteiger partial charge in [0, 0.05) is 74.0 Å². The number of Topliss-reactive ketones (excluding diaryl/α,β-unsaturated/α-hetero) is 3. The lowest BCUT2D eigenvalue weighted by Gasteiger charge is -2.71. The molecule has 6 saturated carbocycles. The molecule has 21 heteroatoms. The lowest BCUT2D eigenvalue weighted by atomic mass is 9.40. The molecule has 492 valence electrons. The van der Waals surface area contributed by atoms with E-state index in [1.165, 1.54) is 59.8 Å². The van der Waals surface area contributed by atoms with Crippen LogP contribution in [0.3, 0.4) is 0 Å². The van der Waals surface area contributed by atoms with Crippen molar-refractivity contribution < 1.29 is 103 Å². The minimum atomic E-state index is -2.18. The third-order valence-corrected chi connectivity index (χ3v) is 24.1. The molecule has 24 atom stereocenters. The zero-order valence-corrected chi connectivity index (χ0v) is 54.6. The van der Waals surface area contributed by atoms with E-state index in [0.717, 1.165) is 0 Å². The van der Waals surface area contributed by atoms with Gasteiger partial charge in [0.05, 0.1) is 53.4 Å². The largest absolute Gasteiger partial charge is 0.457 e. The van der Waals surface area contributed by atoms with Gasteiger partial charge in [0.25, 0.3) is 0 Å². The maximum absolute atomic E-state index is 13.6. The SMILES string of the molecule is C=C[C@@]1(C)CC(=O)[C@]2(O)[C@@]3(C)[C@@H](O)CCC(C)(C)[C@@H]3[C@H](O)[C@H](OC(C)=O)[C@@]2(C)O1.C=C[C@@]1(C)CC(=O)[C@]2(O)[C@@]3(C)[C@@H](O)CCC(C)(C)[C@@H]3[C@H](O)[C@H](OC(C)=O)[C@@]2(C)O1.C=C[C@@]1(C)CC(=O)[C@]2(O)[C@@]3(C)[C@@H](O)CCC(C)(C)[C@@H]3[C@H](O)[C@H](OC(C)=O)[C@@]2(C)O1. The van der Waals surface area contributed by atoms with Crippen molar-refractivity contribution in [2.75, 3.05) is 0 Å². The van der Waals surface area contributed by atoms with E-state index in [-0.39, 0.29) is 19.3 Å². The molecule has 21 nitrogen and oxygen atoms in total. The number of ether oxygens (including phenoxy) is 6. The Labute approximate surface area is 512 Å². The zero-order valence-electron chi connectivity index (χ0n) is 54.6. The first-order valence-corrected chi connectivity index (χ1v) is 30.7. The number of carbonyl (C=O) groups excluding carboxylic acids is 6. The van der Waals surface area contributed by atoms with Crippen molar-refractivity contribution in [2.45, 2.75) is 288 Å². The first-order valence-electron chi connectivity index (χ1n) is 30.7. The van der Waals surface area contributed by atoms with Gasteiger partial charge in [0.1, 0.15) is 16.8 Å². The molecule has 3 aliphatic heterocycles. The lowest BCUT2D eigenvalue weighted by molar-refractivity contribution is -0.370. The number of esters is 3. The van der Waals surface area contributed by atoms with Crippen LogP contribution >= 0.6 is 0 Å². The molecule has 0 aromatic heterocycles. The predicted molar refractivity (Wildman–Crippen MR) is 315 cm³/mol. The van der Waals surface area contributed by atoms with E-state index in [2.05, 4.69) is 19.7 Å². The van der Waals surface area contributed by atoms with E-state index in [9.17, 15) is 74.7 Å². The van der Waals surface area contributed by atoms with Gasteiger partial charge >= 0.3 is 17.9 Å². The van der Waals surface area contributed by atoms with E-state index in [1.807, 2.05) is 41.5 Å². The minimum absolute atomic E-state index is 0.138. The summed E-state index contributed by atoms with van der Waals surface area (Å²) in [4.78, 5) is 76.5. The molecule has 0 aromatic carbocycles. The van der Waals surface area contributed by atoms with Crippen LogP contribution in [0.25, 0.3) is 0 Å². The van der Waals surface area contributed by atoms with Gasteiger partial charge in [0.2, 0.25) is 0 Å². The summed E-state index contributed by atoms with van der Waals surface area (Å²) in [6, 6.07) is 0. The van der Waals surface area contributed by atoms with Gasteiger partial charge in [-0.05, 0) is 96.3 Å². The quantitative estimate of drug-likeness (QED) is 0.1000. The first-order chi connectivity index (χ1) is 39.3. The molecule has 9 N–H and O–H groups in total. The fourth-order valence-electron chi connectivity index (χ4n) is 20.0. The summed E-state index contributed by atoms with van der Waals surface area (Å²) < 4.78 is 35.3. The molecule has 0 spiro atoms. The lowest BCUT2D eigenvalue weighted by Crippen LogP contribution is -2.86. The van der Waals surface area contributed by atoms with Crippen molar-refractivity contribution in [3.63, 3.8) is 0 Å². The van der Waals surface area contributed by atoms with Crippen molar-refractivity contribution >= 4 is 35.3 Å². The fourth-order valence-corrected chi connectivity index (χ4v) is 20.0. The highest BCUT2D eigenvalue weighted by Gasteiger charge is 2.85. The van der Waals surface area contributed by atoms with Crippen molar-refractivity contribution in [3.05, 3.63) is 38.0 Å². The van der Waals surface area contributed by atoms with Gasteiger partial charge in [-0.25, -0.2) is 0 Å². The molecule has 0 unspecified atom stereocenters. The van der Waals surface area contributed by atoms with Gasteiger partial charge in [-0.1, -0.05) is 80.5 Å². The van der Waals surface area contributed by atoms with Crippen LogP contribution < -0.4 is 0 Å². The van der Waals surface area contributed by atoms with Crippen LogP contribution in [0.4, 0.5) is 0 Å². The summed E-state index contributed by atoms with van der Waals surface area (Å²) in [7, 11) is 0. The van der Waals surface area contributed by atoms with Gasteiger partial charge in [0.15, 0.2) is 52.5 Å². The highest BCUT2D eigenvalue weighted by atomic mass is 16.6. The molecule has 0 bridgehead atoms. The highest BCUT2D eigenvalue weighted by molar-refractivity contribution is 5.94. The molecule has 87 heavy (non-hydrogen) atoms. The molecule has 3 saturated heterocycles. The van der Waals surface area contributed by atoms with Crippen molar-refractivity contribution in [1.29, 1.82) is 0 Å². The van der Waals surface area contributed by atoms with Gasteiger partial charge in [-0.15, -0.1) is 19.7 Å². The number of ketones is 3. The van der Waals surface area contributed by atoms with Crippen LogP contribution in [0.1, 0.15) is 182 Å². The third-order valence-electron chi connectivity index (χ3n) is 24.1. The van der Waals surface area contributed by atoms with Crippen LogP contribution in [-0.4, -0.2) is 187 Å². The maximum atomic E-state index is 13.6. The monoisotopic (exact) mass is 1230 g/mol. The summed E-state index contributed by atoms with van der Waals surface area (Å²) in [6.45, 7) is 40.8. The summed E-state index contributed by atoms with van der Waals surface area (Å²) in [5.41, 5.74) is -21.0. The second-order valence-corrected chi connectivity index (χ2v) is 31.1. The Morgan fingerprint density at radius 2 is 0.609 bits per heavy atom. The number of aliphatic hydroxyl groups excluding tert-OH is 6. The van der Waals surface area contributed by atoms with E-state index >= 15 is 0 Å². The van der Waals surface area contributed by atoms with Crippen molar-refractivity contribution in [1.82, 2.24) is 0 Å². The average molecular weight is 1230 g/mol. The van der Waals surface area contributed by atoms with E-state index in [4.69, 9.17) is 28.4 Å². The van der Waals surface area contributed by atoms with Crippen LogP contribution in [0.2, 0.25) is 0 Å². The summed E-state index contributed by atoms with van der Waals surface area (Å²) in [5.74, 6) is -5.62. The highest BCUT2D eigenvalue weighted by Crippen LogP contribution is 2.71. The molecule has 6 aliphatic carbocycles. The molecule has 9 rings (SSSR count). The molecule has 9 fully saturated rings. The first kappa shape index (κ1) is 70.6. The molecule has 3 heterocycles. The van der Waals surface area contributed by atoms with Crippen LogP contribution in [0.5, 0.6) is 0 Å². The number of hydrogen-bond donors (Lipinski definition) is 9. The molecular weight excluding hydrogens is 1130 g/mol. The molecule has 0 radical (unpaired) electrons. The number of aliphatic hydroxyl groups is 9. The Balaban J connectivity index is 0.000000186. The Morgan fingerprint density at radius 3 is 0.782 bits per heavy atom. The zero-order chi connectivity index (χ0) is 66.6. The number of hydrogen-bond acceptors (Lipinski definition) is 21. The van der Waals surface area contributed by atoms with Gasteiger partial charge in [-0.3, -0.25) is 28.8 Å². The molecule has 0 aromatic rings. The summed E-state index contributed by atoms with van der Waals surface area (Å²) in [5, 5.41) is 104. The van der Waals surface area contributed by atoms with Crippen molar-refractivity contribution in [2.24, 2.45) is 50.2 Å². The van der Waals surface area contributed by atoms with Crippen molar-refractivity contribution in [3.8, 4) is 0 Å².